The number of piperazine rings is 1. The summed E-state index contributed by atoms with van der Waals surface area (Å²) in [5.74, 6) is 1.15. The van der Waals surface area contributed by atoms with E-state index in [1.165, 1.54) is 0 Å². The lowest BCUT2D eigenvalue weighted by atomic mass is 9.90. The predicted molar refractivity (Wildman–Crippen MR) is 92.2 cm³/mol. The van der Waals surface area contributed by atoms with Crippen LogP contribution in [0.1, 0.15) is 33.1 Å². The molecule has 0 radical (unpaired) electrons. The second kappa shape index (κ2) is 9.39. The first-order valence-electron chi connectivity index (χ1n) is 9.10. The van der Waals surface area contributed by atoms with Crippen molar-refractivity contribution in [1.82, 2.24) is 9.80 Å². The average molecular weight is 340 g/mol. The highest BCUT2D eigenvalue weighted by atomic mass is 16.7. The van der Waals surface area contributed by atoms with Gasteiger partial charge in [0, 0.05) is 39.2 Å². The third-order valence-electron chi connectivity index (χ3n) is 4.80. The lowest BCUT2D eigenvalue weighted by Gasteiger charge is -2.36. The Bertz CT molecular complexity index is 431. The smallest absolute Gasteiger partial charge is 0.288 e. The van der Waals surface area contributed by atoms with Gasteiger partial charge in [-0.3, -0.25) is 4.79 Å². The van der Waals surface area contributed by atoms with Gasteiger partial charge >= 0.3 is 0 Å². The molecule has 24 heavy (non-hydrogen) atoms. The number of allylic oxidation sites excluding steroid dienone is 1. The molecular formula is C18H32N2O4. The number of ether oxygens (including phenoxy) is 2. The van der Waals surface area contributed by atoms with Crippen LogP contribution >= 0.6 is 0 Å². The Morgan fingerprint density at radius 3 is 2.67 bits per heavy atom. The van der Waals surface area contributed by atoms with E-state index < -0.39 is 0 Å². The highest BCUT2D eigenvalue weighted by Gasteiger charge is 2.32. The molecule has 6 heteroatoms. The summed E-state index contributed by atoms with van der Waals surface area (Å²) in [6, 6.07) is 0. The first-order chi connectivity index (χ1) is 11.5. The molecule has 2 aliphatic heterocycles. The van der Waals surface area contributed by atoms with Crippen molar-refractivity contribution in [3.05, 3.63) is 11.8 Å². The minimum atomic E-state index is -0.368. The minimum Gasteiger partial charge on any atom is -0.459 e. The zero-order valence-corrected chi connectivity index (χ0v) is 15.2. The number of nitrogens with zero attached hydrogens (tertiary/aromatic N) is 2. The molecule has 2 heterocycles. The zero-order chi connectivity index (χ0) is 17.5. The minimum absolute atomic E-state index is 0.0163. The van der Waals surface area contributed by atoms with E-state index in [4.69, 9.17) is 14.6 Å². The topological polar surface area (TPSA) is 62.2 Å². The Morgan fingerprint density at radius 1 is 1.33 bits per heavy atom. The fraction of sp³-hybridized carbons (Fsp3) is 0.833. The van der Waals surface area contributed by atoms with Crippen molar-refractivity contribution in [3.8, 4) is 0 Å². The monoisotopic (exact) mass is 340 g/mol. The van der Waals surface area contributed by atoms with E-state index in [2.05, 4.69) is 25.8 Å². The lowest BCUT2D eigenvalue weighted by molar-refractivity contribution is -0.157. The van der Waals surface area contributed by atoms with Crippen LogP contribution in [0.4, 0.5) is 0 Å². The normalized spacial score (nSPS) is 25.5. The van der Waals surface area contributed by atoms with Crippen LogP contribution in [-0.2, 0) is 14.3 Å². The summed E-state index contributed by atoms with van der Waals surface area (Å²) in [5.41, 5.74) is 0. The summed E-state index contributed by atoms with van der Waals surface area (Å²) in [5, 5.41) is 8.85. The lowest BCUT2D eigenvalue weighted by Crippen LogP contribution is -2.48. The van der Waals surface area contributed by atoms with Crippen LogP contribution in [0.2, 0.25) is 0 Å². The third kappa shape index (κ3) is 5.46. The molecule has 0 spiro atoms. The van der Waals surface area contributed by atoms with Gasteiger partial charge in [0.1, 0.15) is 0 Å². The fourth-order valence-electron chi connectivity index (χ4n) is 3.00. The van der Waals surface area contributed by atoms with Crippen LogP contribution in [0.3, 0.4) is 0 Å². The number of hydrogen-bond acceptors (Lipinski definition) is 5. The van der Waals surface area contributed by atoms with Crippen molar-refractivity contribution in [1.29, 1.82) is 0 Å². The number of likely N-dealkylation sites (N-methyl/N-ethyl adjacent to an activating group) is 1. The largest absolute Gasteiger partial charge is 0.459 e. The number of aliphatic hydroxyl groups excluding tert-OH is 1. The van der Waals surface area contributed by atoms with E-state index in [9.17, 15) is 4.79 Å². The van der Waals surface area contributed by atoms with Crippen LogP contribution in [0.15, 0.2) is 11.8 Å². The molecule has 2 atom stereocenters. The maximum atomic E-state index is 12.8. The highest BCUT2D eigenvalue weighted by Crippen LogP contribution is 2.29. The number of carbonyl (C=O) groups is 1. The van der Waals surface area contributed by atoms with Gasteiger partial charge in [-0.2, -0.15) is 0 Å². The molecule has 138 valence electrons. The van der Waals surface area contributed by atoms with Crippen LogP contribution in [0.25, 0.3) is 0 Å². The molecule has 0 bridgehead atoms. The maximum absolute atomic E-state index is 12.8. The number of rotatable bonds is 7. The molecule has 1 saturated heterocycles. The van der Waals surface area contributed by atoms with Gasteiger partial charge in [0.2, 0.25) is 6.29 Å². The quantitative estimate of drug-likeness (QED) is 0.711. The van der Waals surface area contributed by atoms with Gasteiger partial charge in [0.15, 0.2) is 5.76 Å². The van der Waals surface area contributed by atoms with Crippen molar-refractivity contribution in [2.75, 3.05) is 46.4 Å². The average Bonchev–Trinajstić information content (AvgIpc) is 2.58. The Kier molecular flexibility index (Phi) is 7.52. The summed E-state index contributed by atoms with van der Waals surface area (Å²) >= 11 is 0. The number of aliphatic hydroxyl groups is 1. The van der Waals surface area contributed by atoms with Crippen molar-refractivity contribution < 1.29 is 19.4 Å². The van der Waals surface area contributed by atoms with Crippen LogP contribution in [-0.4, -0.2) is 73.5 Å². The molecule has 1 fully saturated rings. The van der Waals surface area contributed by atoms with Gasteiger partial charge in [-0.05, 0) is 37.8 Å². The Balaban J connectivity index is 1.96. The van der Waals surface area contributed by atoms with Crippen molar-refractivity contribution >= 4 is 5.91 Å². The number of amides is 1. The van der Waals surface area contributed by atoms with Crippen LogP contribution in [0.5, 0.6) is 0 Å². The second-order valence-corrected chi connectivity index (χ2v) is 7.12. The van der Waals surface area contributed by atoms with Gasteiger partial charge in [-0.15, -0.1) is 0 Å². The van der Waals surface area contributed by atoms with E-state index in [-0.39, 0.29) is 24.7 Å². The summed E-state index contributed by atoms with van der Waals surface area (Å²) in [6.07, 6.45) is 3.92. The maximum Gasteiger partial charge on any atom is 0.288 e. The van der Waals surface area contributed by atoms with E-state index in [0.29, 0.717) is 18.3 Å². The number of unbranched alkanes of at least 4 members (excludes halogenated alkanes) is 1. The van der Waals surface area contributed by atoms with Crippen LogP contribution < -0.4 is 0 Å². The third-order valence-corrected chi connectivity index (χ3v) is 4.80. The molecule has 0 aromatic carbocycles. The van der Waals surface area contributed by atoms with Gasteiger partial charge in [-0.25, -0.2) is 0 Å². The van der Waals surface area contributed by atoms with Gasteiger partial charge in [-0.1, -0.05) is 13.8 Å². The van der Waals surface area contributed by atoms with E-state index in [1.807, 2.05) is 11.0 Å². The number of hydrogen-bond donors (Lipinski definition) is 1. The molecule has 2 aliphatic rings. The van der Waals surface area contributed by atoms with E-state index in [0.717, 1.165) is 45.4 Å². The summed E-state index contributed by atoms with van der Waals surface area (Å²) in [7, 11) is 2.07. The van der Waals surface area contributed by atoms with Crippen molar-refractivity contribution in [2.45, 2.75) is 39.4 Å². The molecule has 0 unspecified atom stereocenters. The van der Waals surface area contributed by atoms with Crippen LogP contribution in [0, 0.1) is 11.8 Å². The standard InChI is InChI=1S/C18H32N2O4/c1-14(2)15-12-16(18(22)20-8-6-19(3)7-9-20)24-17(13-15)23-11-5-4-10-21/h12,14-15,17,21H,4-11,13H2,1-3H3/t15-,17+/m0/s1. The van der Waals surface area contributed by atoms with E-state index in [1.54, 1.807) is 0 Å². The Hall–Kier alpha value is -1.11. The Labute approximate surface area is 145 Å². The molecule has 0 aromatic rings. The van der Waals surface area contributed by atoms with Gasteiger partial charge in [0.05, 0.1) is 6.61 Å². The van der Waals surface area contributed by atoms with Crippen molar-refractivity contribution in [3.63, 3.8) is 0 Å². The molecule has 1 amide bonds. The summed E-state index contributed by atoms with van der Waals surface area (Å²) in [6.45, 7) is 8.32. The molecular weight excluding hydrogens is 308 g/mol. The first-order valence-corrected chi connectivity index (χ1v) is 9.10. The van der Waals surface area contributed by atoms with Crippen molar-refractivity contribution in [2.24, 2.45) is 11.8 Å². The SMILES string of the molecule is CC(C)[C@H]1C=C(C(=O)N2CCN(C)CC2)O[C@@H](OCCCCO)C1. The second-order valence-electron chi connectivity index (χ2n) is 7.12. The summed E-state index contributed by atoms with van der Waals surface area (Å²) < 4.78 is 11.7. The molecule has 0 aromatic heterocycles. The highest BCUT2D eigenvalue weighted by molar-refractivity contribution is 5.91. The first kappa shape index (κ1) is 19.2. The van der Waals surface area contributed by atoms with Gasteiger partial charge in [0.25, 0.3) is 5.91 Å². The molecule has 0 saturated carbocycles. The molecule has 1 N–H and O–H groups in total. The molecule has 6 nitrogen and oxygen atoms in total. The fourth-order valence-corrected chi connectivity index (χ4v) is 3.00. The van der Waals surface area contributed by atoms with Gasteiger partial charge < -0.3 is 24.4 Å². The molecule has 0 aliphatic carbocycles. The van der Waals surface area contributed by atoms with E-state index >= 15 is 0 Å². The Morgan fingerprint density at radius 2 is 2.04 bits per heavy atom. The summed E-state index contributed by atoms with van der Waals surface area (Å²) in [4.78, 5) is 16.9. The predicted octanol–water partition coefficient (Wildman–Crippen LogP) is 1.45. The molecule has 2 rings (SSSR count). The zero-order valence-electron chi connectivity index (χ0n) is 15.2. The number of carbonyl (C=O) groups excluding carboxylic acids is 1.